The molecule has 0 rings (SSSR count). The third-order valence-electron chi connectivity index (χ3n) is 0.889. The van der Waals surface area contributed by atoms with Crippen molar-refractivity contribution in [1.82, 2.24) is 5.32 Å². The van der Waals surface area contributed by atoms with Gasteiger partial charge in [-0.2, -0.15) is 0 Å². The summed E-state index contributed by atoms with van der Waals surface area (Å²) in [6, 6.07) is 0. The summed E-state index contributed by atoms with van der Waals surface area (Å²) < 4.78 is 4.44. The Labute approximate surface area is 58.5 Å². The number of carbonyl (C=O) groups is 2. The Bertz CT molecular complexity index is 146. The molecule has 0 aliphatic carbocycles. The van der Waals surface area contributed by atoms with Crippen molar-refractivity contribution in [3.63, 3.8) is 0 Å². The van der Waals surface area contributed by atoms with Crippen molar-refractivity contribution >= 4 is 12.0 Å². The van der Waals surface area contributed by atoms with Crippen LogP contribution in [-0.2, 0) is 9.53 Å². The topological polar surface area (TPSA) is 81.4 Å². The van der Waals surface area contributed by atoms with E-state index < -0.39 is 18.1 Å². The number of hydrogen-bond donors (Lipinski definition) is 2. The minimum absolute atomic E-state index is 0.661. The van der Waals surface area contributed by atoms with Crippen LogP contribution in [0.15, 0.2) is 0 Å². The van der Waals surface area contributed by atoms with E-state index in [1.807, 2.05) is 0 Å². The predicted molar refractivity (Wildman–Crippen MR) is 34.2 cm³/mol. The lowest BCUT2D eigenvalue weighted by Crippen LogP contribution is -2.33. The first-order chi connectivity index (χ1) is 4.57. The Balaban J connectivity index is 3.68. The smallest absolute Gasteiger partial charge is 0.407 e. The predicted octanol–water partition coefficient (Wildman–Crippen LogP) is -0.784. The van der Waals surface area contributed by atoms with Gasteiger partial charge >= 0.3 is 6.09 Å². The van der Waals surface area contributed by atoms with Gasteiger partial charge < -0.3 is 15.8 Å². The largest absolute Gasteiger partial charge is 0.436 e. The Hall–Kier alpha value is -1.26. The number of amides is 2. The van der Waals surface area contributed by atoms with E-state index in [1.54, 1.807) is 0 Å². The lowest BCUT2D eigenvalue weighted by atomic mass is 10.4. The molecule has 58 valence electrons. The van der Waals surface area contributed by atoms with Gasteiger partial charge in [0.15, 0.2) is 6.10 Å². The van der Waals surface area contributed by atoms with Crippen LogP contribution in [0.2, 0.25) is 0 Å². The molecule has 0 fully saturated rings. The number of carbonyl (C=O) groups excluding carboxylic acids is 2. The first-order valence-electron chi connectivity index (χ1n) is 2.75. The van der Waals surface area contributed by atoms with Crippen molar-refractivity contribution in [1.29, 1.82) is 0 Å². The minimum Gasteiger partial charge on any atom is -0.436 e. The summed E-state index contributed by atoms with van der Waals surface area (Å²) in [6.07, 6.45) is -1.54. The molecule has 0 saturated heterocycles. The zero-order valence-corrected chi connectivity index (χ0v) is 5.88. The van der Waals surface area contributed by atoms with E-state index in [0.717, 1.165) is 0 Å². The average Bonchev–Trinajstić information content (AvgIpc) is 1.87. The molecule has 0 radical (unpaired) electrons. The molecule has 1 unspecified atom stereocenters. The SMILES string of the molecule is CNC(=O)OC(C)C(N)=O. The quantitative estimate of drug-likeness (QED) is 0.536. The molecule has 0 bridgehead atoms. The third kappa shape index (κ3) is 2.91. The first-order valence-corrected chi connectivity index (χ1v) is 2.75. The molecule has 0 aliphatic heterocycles. The van der Waals surface area contributed by atoms with Gasteiger partial charge in [0.1, 0.15) is 0 Å². The van der Waals surface area contributed by atoms with Crippen molar-refractivity contribution in [2.24, 2.45) is 5.73 Å². The molecule has 10 heavy (non-hydrogen) atoms. The van der Waals surface area contributed by atoms with Crippen LogP contribution >= 0.6 is 0 Å². The van der Waals surface area contributed by atoms with Gasteiger partial charge in [0.2, 0.25) is 0 Å². The lowest BCUT2D eigenvalue weighted by molar-refractivity contribution is -0.125. The minimum atomic E-state index is -0.875. The molecule has 0 heterocycles. The van der Waals surface area contributed by atoms with Crippen molar-refractivity contribution < 1.29 is 14.3 Å². The first kappa shape index (κ1) is 8.74. The fourth-order valence-corrected chi connectivity index (χ4v) is 0.278. The Morgan fingerprint density at radius 3 is 2.40 bits per heavy atom. The Morgan fingerprint density at radius 2 is 2.10 bits per heavy atom. The van der Waals surface area contributed by atoms with E-state index >= 15 is 0 Å². The molecular weight excluding hydrogens is 136 g/mol. The summed E-state index contributed by atoms with van der Waals surface area (Å²) in [5, 5.41) is 2.18. The van der Waals surface area contributed by atoms with Crippen LogP contribution in [-0.4, -0.2) is 25.2 Å². The van der Waals surface area contributed by atoms with Crippen LogP contribution in [0.4, 0.5) is 4.79 Å². The Kier molecular flexibility index (Phi) is 3.24. The van der Waals surface area contributed by atoms with Gasteiger partial charge in [-0.25, -0.2) is 4.79 Å². The summed E-state index contributed by atoms with van der Waals surface area (Å²) in [4.78, 5) is 20.7. The summed E-state index contributed by atoms with van der Waals surface area (Å²) in [5.41, 5.74) is 4.80. The third-order valence-corrected chi connectivity index (χ3v) is 0.889. The number of primary amides is 1. The normalized spacial score (nSPS) is 11.8. The highest BCUT2D eigenvalue weighted by Gasteiger charge is 2.12. The average molecular weight is 146 g/mol. The van der Waals surface area contributed by atoms with E-state index in [-0.39, 0.29) is 0 Å². The van der Waals surface area contributed by atoms with Gasteiger partial charge in [0.05, 0.1) is 0 Å². The molecule has 3 N–H and O–H groups in total. The summed E-state index contributed by atoms with van der Waals surface area (Å²) >= 11 is 0. The maximum atomic E-state index is 10.4. The van der Waals surface area contributed by atoms with Crippen molar-refractivity contribution in [2.45, 2.75) is 13.0 Å². The lowest BCUT2D eigenvalue weighted by Gasteiger charge is -2.07. The molecule has 0 spiro atoms. The van der Waals surface area contributed by atoms with Crippen LogP contribution < -0.4 is 11.1 Å². The number of hydrogen-bond acceptors (Lipinski definition) is 3. The fraction of sp³-hybridized carbons (Fsp3) is 0.600. The number of rotatable bonds is 2. The van der Waals surface area contributed by atoms with E-state index in [0.29, 0.717) is 0 Å². The Morgan fingerprint density at radius 1 is 1.60 bits per heavy atom. The van der Waals surface area contributed by atoms with E-state index in [9.17, 15) is 9.59 Å². The maximum Gasteiger partial charge on any atom is 0.407 e. The molecule has 5 heteroatoms. The monoisotopic (exact) mass is 146 g/mol. The molecule has 0 saturated carbocycles. The van der Waals surface area contributed by atoms with Crippen LogP contribution in [0.5, 0.6) is 0 Å². The van der Waals surface area contributed by atoms with Gasteiger partial charge in [0.25, 0.3) is 5.91 Å². The van der Waals surface area contributed by atoms with Gasteiger partial charge in [-0.05, 0) is 6.92 Å². The molecule has 0 aromatic carbocycles. The van der Waals surface area contributed by atoms with E-state index in [2.05, 4.69) is 10.1 Å². The van der Waals surface area contributed by atoms with Crippen LogP contribution in [0.3, 0.4) is 0 Å². The van der Waals surface area contributed by atoms with Gasteiger partial charge in [-0.1, -0.05) is 0 Å². The maximum absolute atomic E-state index is 10.4. The zero-order chi connectivity index (χ0) is 8.15. The van der Waals surface area contributed by atoms with Crippen molar-refractivity contribution in [3.05, 3.63) is 0 Å². The van der Waals surface area contributed by atoms with Crippen LogP contribution in [0.1, 0.15) is 6.92 Å². The molecule has 0 aliphatic rings. The fourth-order valence-electron chi connectivity index (χ4n) is 0.278. The summed E-state index contributed by atoms with van der Waals surface area (Å²) in [6.45, 7) is 1.40. The molecule has 1 atom stereocenters. The highest BCUT2D eigenvalue weighted by atomic mass is 16.6. The number of ether oxygens (including phenoxy) is 1. The number of alkyl carbamates (subject to hydrolysis) is 1. The second-order valence-corrected chi connectivity index (χ2v) is 1.70. The zero-order valence-electron chi connectivity index (χ0n) is 5.88. The second-order valence-electron chi connectivity index (χ2n) is 1.70. The van der Waals surface area contributed by atoms with Gasteiger partial charge in [-0.15, -0.1) is 0 Å². The molecule has 5 nitrogen and oxygen atoms in total. The molecule has 0 aromatic heterocycles. The van der Waals surface area contributed by atoms with E-state index in [1.165, 1.54) is 14.0 Å². The standard InChI is InChI=1S/C5H10N2O3/c1-3(4(6)8)10-5(9)7-2/h3H,1-2H3,(H2,6,8)(H,7,9). The van der Waals surface area contributed by atoms with Crippen LogP contribution in [0, 0.1) is 0 Å². The highest BCUT2D eigenvalue weighted by Crippen LogP contribution is 1.87. The van der Waals surface area contributed by atoms with Gasteiger partial charge in [-0.3, -0.25) is 4.79 Å². The molecule has 0 aromatic rings. The highest BCUT2D eigenvalue weighted by molar-refractivity contribution is 5.81. The van der Waals surface area contributed by atoms with E-state index in [4.69, 9.17) is 5.73 Å². The van der Waals surface area contributed by atoms with Crippen molar-refractivity contribution in [2.75, 3.05) is 7.05 Å². The molecular formula is C5H10N2O3. The summed E-state index contributed by atoms with van der Waals surface area (Å²) in [5.74, 6) is -0.663. The summed E-state index contributed by atoms with van der Waals surface area (Å²) in [7, 11) is 1.40. The van der Waals surface area contributed by atoms with Gasteiger partial charge in [0, 0.05) is 7.05 Å². The van der Waals surface area contributed by atoms with Crippen molar-refractivity contribution in [3.8, 4) is 0 Å². The number of nitrogens with two attached hydrogens (primary N) is 1. The number of nitrogens with one attached hydrogen (secondary N) is 1. The molecule has 2 amide bonds. The van der Waals surface area contributed by atoms with Crippen LogP contribution in [0.25, 0.3) is 0 Å². The second kappa shape index (κ2) is 3.71.